The van der Waals surface area contributed by atoms with Gasteiger partial charge in [-0.1, -0.05) is 18.2 Å². The van der Waals surface area contributed by atoms with Gasteiger partial charge in [-0.05, 0) is 42.3 Å². The molecule has 4 N–H and O–H groups in total. The van der Waals surface area contributed by atoms with Crippen LogP contribution in [-0.2, 0) is 22.6 Å². The minimum absolute atomic E-state index is 0. The van der Waals surface area contributed by atoms with E-state index in [2.05, 4.69) is 10.6 Å². The third kappa shape index (κ3) is 7.36. The molecule has 152 valence electrons. The lowest BCUT2D eigenvalue weighted by Crippen LogP contribution is -2.28. The Morgan fingerprint density at radius 2 is 1.64 bits per heavy atom. The number of amides is 2. The summed E-state index contributed by atoms with van der Waals surface area (Å²) in [6.45, 7) is 2.67. The Morgan fingerprint density at radius 3 is 2.29 bits per heavy atom. The Balaban J connectivity index is 0.00000392. The Kier molecular flexibility index (Phi) is 9.67. The number of hydrogen-bond acceptors (Lipinski definition) is 5. The van der Waals surface area contributed by atoms with Crippen molar-refractivity contribution in [3.05, 3.63) is 53.6 Å². The highest BCUT2D eigenvalue weighted by atomic mass is 35.5. The molecule has 0 unspecified atom stereocenters. The van der Waals surface area contributed by atoms with Crippen molar-refractivity contribution in [3.63, 3.8) is 0 Å². The van der Waals surface area contributed by atoms with Crippen LogP contribution in [0.3, 0.4) is 0 Å². The number of nitrogen functional groups attached to an aromatic ring is 1. The van der Waals surface area contributed by atoms with Crippen LogP contribution < -0.4 is 25.8 Å². The van der Waals surface area contributed by atoms with Crippen molar-refractivity contribution in [2.75, 3.05) is 26.0 Å². The molecule has 2 aromatic rings. The molecule has 8 heteroatoms. The molecule has 0 bridgehead atoms. The molecule has 0 atom stereocenters. The Morgan fingerprint density at radius 1 is 0.964 bits per heavy atom. The van der Waals surface area contributed by atoms with Crippen molar-refractivity contribution in [1.82, 2.24) is 10.6 Å². The number of carbonyl (C=O) groups excluding carboxylic acids is 2. The second-order valence-electron chi connectivity index (χ2n) is 5.92. The summed E-state index contributed by atoms with van der Waals surface area (Å²) in [5.74, 6) is 0.694. The van der Waals surface area contributed by atoms with Gasteiger partial charge in [0.2, 0.25) is 5.91 Å². The molecule has 7 nitrogen and oxygen atoms in total. The minimum atomic E-state index is -0.196. The number of hydrogen-bond donors (Lipinski definition) is 3. The first-order valence-corrected chi connectivity index (χ1v) is 8.69. The molecule has 0 heterocycles. The molecular formula is C20H26ClN3O4. The number of ether oxygens (including phenoxy) is 2. The van der Waals surface area contributed by atoms with Crippen molar-refractivity contribution in [1.29, 1.82) is 0 Å². The molecule has 2 amide bonds. The zero-order chi connectivity index (χ0) is 19.6. The number of halogens is 1. The molecule has 28 heavy (non-hydrogen) atoms. The number of methoxy groups -OCH3 is 1. The second-order valence-corrected chi connectivity index (χ2v) is 5.92. The first-order valence-electron chi connectivity index (χ1n) is 8.69. The molecule has 0 saturated heterocycles. The van der Waals surface area contributed by atoms with Crippen LogP contribution in [0.1, 0.15) is 18.1 Å². The smallest absolute Gasteiger partial charge is 0.257 e. The quantitative estimate of drug-likeness (QED) is 0.552. The van der Waals surface area contributed by atoms with Gasteiger partial charge in [-0.25, -0.2) is 0 Å². The number of rotatable bonds is 9. The van der Waals surface area contributed by atoms with Crippen molar-refractivity contribution in [2.45, 2.75) is 19.9 Å². The van der Waals surface area contributed by atoms with Gasteiger partial charge in [0.05, 0.1) is 13.5 Å². The number of nitrogens with two attached hydrogens (primary N) is 1. The van der Waals surface area contributed by atoms with E-state index >= 15 is 0 Å². The van der Waals surface area contributed by atoms with E-state index in [-0.39, 0.29) is 37.2 Å². The Hall–Kier alpha value is -2.93. The first kappa shape index (κ1) is 23.1. The first-order chi connectivity index (χ1) is 13.0. The van der Waals surface area contributed by atoms with Crippen molar-refractivity contribution < 1.29 is 19.1 Å². The number of likely N-dealkylation sites (N-methyl/N-ethyl adjacent to an activating group) is 1. The molecule has 0 aliphatic carbocycles. The maximum Gasteiger partial charge on any atom is 0.257 e. The molecule has 0 radical (unpaired) electrons. The summed E-state index contributed by atoms with van der Waals surface area (Å²) in [4.78, 5) is 23.6. The van der Waals surface area contributed by atoms with Crippen LogP contribution in [0.4, 0.5) is 5.69 Å². The van der Waals surface area contributed by atoms with Crippen LogP contribution in [0.15, 0.2) is 42.5 Å². The van der Waals surface area contributed by atoms with E-state index in [1.807, 2.05) is 25.1 Å². The monoisotopic (exact) mass is 407 g/mol. The molecule has 0 spiro atoms. The SMILES string of the molecule is CCNC(=O)COc1ccc(CNC(=O)Cc2ccc(N)cc2)cc1OC.Cl. The number of anilines is 1. The third-order valence-electron chi connectivity index (χ3n) is 3.79. The largest absolute Gasteiger partial charge is 0.493 e. The molecule has 0 aromatic heterocycles. The maximum absolute atomic E-state index is 12.1. The average molecular weight is 408 g/mol. The topological polar surface area (TPSA) is 103 Å². The van der Waals surface area contributed by atoms with Crippen LogP contribution in [0.2, 0.25) is 0 Å². The van der Waals surface area contributed by atoms with E-state index in [0.29, 0.717) is 30.3 Å². The second kappa shape index (κ2) is 11.7. The molecule has 0 saturated carbocycles. The Bertz CT molecular complexity index is 782. The van der Waals surface area contributed by atoms with Crippen molar-refractivity contribution in [3.8, 4) is 11.5 Å². The summed E-state index contributed by atoms with van der Waals surface area (Å²) in [5, 5.41) is 5.53. The predicted octanol–water partition coefficient (Wildman–Crippen LogP) is 2.07. The maximum atomic E-state index is 12.1. The summed E-state index contributed by atoms with van der Waals surface area (Å²) in [7, 11) is 1.53. The van der Waals surface area contributed by atoms with Gasteiger partial charge in [-0.2, -0.15) is 0 Å². The number of benzene rings is 2. The fourth-order valence-electron chi connectivity index (χ4n) is 2.42. The zero-order valence-corrected chi connectivity index (χ0v) is 16.8. The van der Waals surface area contributed by atoms with Gasteiger partial charge in [0, 0.05) is 18.8 Å². The lowest BCUT2D eigenvalue weighted by Gasteiger charge is -2.12. The normalized spacial score (nSPS) is 9.79. The lowest BCUT2D eigenvalue weighted by atomic mass is 10.1. The van der Waals surface area contributed by atoms with Gasteiger partial charge in [-0.3, -0.25) is 9.59 Å². The lowest BCUT2D eigenvalue weighted by molar-refractivity contribution is -0.123. The highest BCUT2D eigenvalue weighted by molar-refractivity contribution is 5.85. The van der Waals surface area contributed by atoms with Gasteiger partial charge in [0.1, 0.15) is 0 Å². The number of carbonyl (C=O) groups is 2. The van der Waals surface area contributed by atoms with Crippen molar-refractivity contribution >= 4 is 29.9 Å². The van der Waals surface area contributed by atoms with Gasteiger partial charge in [0.25, 0.3) is 5.91 Å². The Labute approximate surface area is 171 Å². The molecule has 2 rings (SSSR count). The summed E-state index contributed by atoms with van der Waals surface area (Å²) in [5.41, 5.74) is 8.07. The van der Waals surface area contributed by atoms with Crippen LogP contribution in [-0.4, -0.2) is 32.1 Å². The van der Waals surface area contributed by atoms with E-state index in [9.17, 15) is 9.59 Å². The standard InChI is InChI=1S/C20H25N3O4.ClH/c1-3-22-20(25)13-27-17-9-6-15(10-18(17)26-2)12-23-19(24)11-14-4-7-16(21)8-5-14;/h4-10H,3,11-13,21H2,1-2H3,(H,22,25)(H,23,24);1H. The van der Waals surface area contributed by atoms with E-state index in [4.69, 9.17) is 15.2 Å². The summed E-state index contributed by atoms with van der Waals surface area (Å²) < 4.78 is 10.8. The highest BCUT2D eigenvalue weighted by Gasteiger charge is 2.09. The summed E-state index contributed by atoms with van der Waals surface area (Å²) in [6, 6.07) is 12.5. The van der Waals surface area contributed by atoms with Gasteiger partial charge in [-0.15, -0.1) is 12.4 Å². The van der Waals surface area contributed by atoms with Crippen LogP contribution in [0.25, 0.3) is 0 Å². The average Bonchev–Trinajstić information content (AvgIpc) is 2.67. The molecule has 0 aliphatic heterocycles. The molecule has 2 aromatic carbocycles. The van der Waals surface area contributed by atoms with E-state index in [1.54, 1.807) is 24.3 Å². The zero-order valence-electron chi connectivity index (χ0n) is 16.0. The van der Waals surface area contributed by atoms with Crippen LogP contribution >= 0.6 is 12.4 Å². The molecule has 0 aliphatic rings. The van der Waals surface area contributed by atoms with Crippen LogP contribution in [0, 0.1) is 0 Å². The molecule has 0 fully saturated rings. The van der Waals surface area contributed by atoms with Crippen LogP contribution in [0.5, 0.6) is 11.5 Å². The van der Waals surface area contributed by atoms with E-state index in [1.165, 1.54) is 7.11 Å². The van der Waals surface area contributed by atoms with Gasteiger partial charge >= 0.3 is 0 Å². The van der Waals surface area contributed by atoms with E-state index < -0.39 is 0 Å². The minimum Gasteiger partial charge on any atom is -0.493 e. The van der Waals surface area contributed by atoms with Gasteiger partial charge < -0.3 is 25.8 Å². The van der Waals surface area contributed by atoms with Gasteiger partial charge in [0.15, 0.2) is 18.1 Å². The molecular weight excluding hydrogens is 382 g/mol. The highest BCUT2D eigenvalue weighted by Crippen LogP contribution is 2.28. The predicted molar refractivity (Wildman–Crippen MR) is 111 cm³/mol. The van der Waals surface area contributed by atoms with Crippen molar-refractivity contribution in [2.24, 2.45) is 0 Å². The fraction of sp³-hybridized carbons (Fsp3) is 0.300. The summed E-state index contributed by atoms with van der Waals surface area (Å²) >= 11 is 0. The fourth-order valence-corrected chi connectivity index (χ4v) is 2.42. The number of nitrogens with one attached hydrogen (secondary N) is 2. The third-order valence-corrected chi connectivity index (χ3v) is 3.79. The summed E-state index contributed by atoms with van der Waals surface area (Å²) in [6.07, 6.45) is 0.283. The van der Waals surface area contributed by atoms with E-state index in [0.717, 1.165) is 11.1 Å².